The molecule has 0 aromatic heterocycles. The Morgan fingerprint density at radius 1 is 0.900 bits per heavy atom. The molecule has 118 valence electrons. The van der Waals surface area contributed by atoms with E-state index in [1.54, 1.807) is 19.0 Å². The molecule has 2 atom stereocenters. The summed E-state index contributed by atoms with van der Waals surface area (Å²) in [5.74, 6) is 0.127. The lowest BCUT2D eigenvalue weighted by Crippen LogP contribution is -2.27. The van der Waals surface area contributed by atoms with Gasteiger partial charge in [0.05, 0.1) is 6.10 Å². The summed E-state index contributed by atoms with van der Waals surface area (Å²) in [4.78, 5) is 13.2. The van der Waals surface area contributed by atoms with Gasteiger partial charge in [-0.1, -0.05) is 71.1 Å². The molecule has 3 heteroatoms. The van der Waals surface area contributed by atoms with Crippen LogP contribution in [0.5, 0.6) is 0 Å². The molecule has 0 aliphatic carbocycles. The van der Waals surface area contributed by atoms with Crippen LogP contribution in [0.1, 0.15) is 77.6 Å². The largest absolute Gasteiger partial charge is 0.359 e. The second-order valence-corrected chi connectivity index (χ2v) is 6.30. The van der Waals surface area contributed by atoms with Gasteiger partial charge in [0, 0.05) is 14.1 Å². The molecule has 1 fully saturated rings. The zero-order valence-corrected chi connectivity index (χ0v) is 13.7. The van der Waals surface area contributed by atoms with Gasteiger partial charge in [-0.25, -0.2) is 0 Å². The lowest BCUT2D eigenvalue weighted by atomic mass is 10.0. The molecule has 1 aliphatic rings. The van der Waals surface area contributed by atoms with Crippen LogP contribution in [0.15, 0.2) is 0 Å². The van der Waals surface area contributed by atoms with Crippen molar-refractivity contribution in [2.45, 2.75) is 89.8 Å². The molecule has 1 saturated heterocycles. The highest BCUT2D eigenvalue weighted by atomic mass is 16.6. The van der Waals surface area contributed by atoms with E-state index in [1.165, 1.54) is 64.2 Å². The van der Waals surface area contributed by atoms with E-state index in [0.29, 0.717) is 0 Å². The van der Waals surface area contributed by atoms with Crippen molar-refractivity contribution in [3.63, 3.8) is 0 Å². The molecule has 0 aromatic rings. The van der Waals surface area contributed by atoms with Gasteiger partial charge in [0.1, 0.15) is 0 Å². The third-order valence-corrected chi connectivity index (χ3v) is 4.11. The van der Waals surface area contributed by atoms with Crippen LogP contribution in [-0.4, -0.2) is 37.1 Å². The first-order valence-corrected chi connectivity index (χ1v) is 8.53. The quantitative estimate of drug-likeness (QED) is 0.398. The van der Waals surface area contributed by atoms with Gasteiger partial charge in [-0.05, 0) is 6.42 Å². The molecular formula is C17H33NO2. The number of hydrogen-bond acceptors (Lipinski definition) is 2. The van der Waals surface area contributed by atoms with Gasteiger partial charge < -0.3 is 9.64 Å². The molecule has 20 heavy (non-hydrogen) atoms. The number of epoxide rings is 1. The van der Waals surface area contributed by atoms with Gasteiger partial charge in [0.25, 0.3) is 5.91 Å². The van der Waals surface area contributed by atoms with Crippen LogP contribution in [-0.2, 0) is 9.53 Å². The topological polar surface area (TPSA) is 32.8 Å². The second-order valence-electron chi connectivity index (χ2n) is 6.30. The van der Waals surface area contributed by atoms with Crippen LogP contribution in [0.25, 0.3) is 0 Å². The lowest BCUT2D eigenvalue weighted by Gasteiger charge is -2.06. The Bertz CT molecular complexity index is 266. The molecule has 0 aromatic carbocycles. The summed E-state index contributed by atoms with van der Waals surface area (Å²) in [5.41, 5.74) is 0. The molecular weight excluding hydrogens is 250 g/mol. The number of amides is 1. The average molecular weight is 283 g/mol. The summed E-state index contributed by atoms with van der Waals surface area (Å²) in [6, 6.07) is 0. The standard InChI is InChI=1S/C17H33NO2/c1-4-5-6-7-8-9-10-11-12-13-14-15-16(20-15)17(19)18(2)3/h15-16H,4-14H2,1-3H3/t15-,16+/m0/s1. The Labute approximate surface area is 125 Å². The third-order valence-electron chi connectivity index (χ3n) is 4.11. The average Bonchev–Trinajstić information content (AvgIpc) is 3.19. The van der Waals surface area contributed by atoms with Crippen molar-refractivity contribution in [1.82, 2.24) is 4.90 Å². The number of carbonyl (C=O) groups excluding carboxylic acids is 1. The van der Waals surface area contributed by atoms with E-state index in [0.717, 1.165) is 6.42 Å². The first kappa shape index (κ1) is 17.5. The van der Waals surface area contributed by atoms with Gasteiger partial charge in [0.2, 0.25) is 0 Å². The smallest absolute Gasteiger partial charge is 0.253 e. The van der Waals surface area contributed by atoms with E-state index in [4.69, 9.17) is 4.74 Å². The van der Waals surface area contributed by atoms with Crippen LogP contribution >= 0.6 is 0 Å². The minimum absolute atomic E-state index is 0.127. The summed E-state index contributed by atoms with van der Waals surface area (Å²) >= 11 is 0. The summed E-state index contributed by atoms with van der Waals surface area (Å²) < 4.78 is 5.43. The summed E-state index contributed by atoms with van der Waals surface area (Å²) in [6.45, 7) is 2.26. The Morgan fingerprint density at radius 3 is 1.90 bits per heavy atom. The zero-order chi connectivity index (χ0) is 14.8. The predicted molar refractivity (Wildman–Crippen MR) is 83.8 cm³/mol. The fraction of sp³-hybridized carbons (Fsp3) is 0.941. The summed E-state index contributed by atoms with van der Waals surface area (Å²) in [6.07, 6.45) is 14.7. The maximum atomic E-state index is 11.6. The second kappa shape index (κ2) is 10.2. The molecule has 1 aliphatic heterocycles. The highest BCUT2D eigenvalue weighted by Crippen LogP contribution is 2.28. The van der Waals surface area contributed by atoms with Crippen LogP contribution < -0.4 is 0 Å². The van der Waals surface area contributed by atoms with Crippen molar-refractivity contribution >= 4 is 5.91 Å². The van der Waals surface area contributed by atoms with E-state index in [1.807, 2.05) is 0 Å². The fourth-order valence-electron chi connectivity index (χ4n) is 2.67. The number of rotatable bonds is 12. The van der Waals surface area contributed by atoms with Gasteiger partial charge >= 0.3 is 0 Å². The Morgan fingerprint density at radius 2 is 1.40 bits per heavy atom. The molecule has 0 radical (unpaired) electrons. The SMILES string of the molecule is CCCCCCCCCCCC[C@@H]1O[C@H]1C(=O)N(C)C. The fourth-order valence-corrected chi connectivity index (χ4v) is 2.67. The summed E-state index contributed by atoms with van der Waals surface area (Å²) in [5, 5.41) is 0. The van der Waals surface area contributed by atoms with Crippen molar-refractivity contribution in [1.29, 1.82) is 0 Å². The van der Waals surface area contributed by atoms with Crippen molar-refractivity contribution in [2.24, 2.45) is 0 Å². The first-order chi connectivity index (χ1) is 9.66. The molecule has 0 N–H and O–H groups in total. The van der Waals surface area contributed by atoms with E-state index in [9.17, 15) is 4.79 Å². The number of carbonyl (C=O) groups is 1. The van der Waals surface area contributed by atoms with E-state index in [2.05, 4.69) is 6.92 Å². The van der Waals surface area contributed by atoms with Crippen LogP contribution in [0.4, 0.5) is 0 Å². The number of ether oxygens (including phenoxy) is 1. The van der Waals surface area contributed by atoms with E-state index >= 15 is 0 Å². The Balaban J connectivity index is 1.81. The van der Waals surface area contributed by atoms with E-state index < -0.39 is 0 Å². The highest BCUT2D eigenvalue weighted by molar-refractivity contribution is 5.83. The number of nitrogens with zero attached hydrogens (tertiary/aromatic N) is 1. The van der Waals surface area contributed by atoms with Gasteiger partial charge in [-0.2, -0.15) is 0 Å². The molecule has 1 amide bonds. The molecule has 0 bridgehead atoms. The number of hydrogen-bond donors (Lipinski definition) is 0. The van der Waals surface area contributed by atoms with Gasteiger partial charge in [0.15, 0.2) is 6.10 Å². The van der Waals surface area contributed by atoms with Crippen molar-refractivity contribution in [3.8, 4) is 0 Å². The lowest BCUT2D eigenvalue weighted by molar-refractivity contribution is -0.129. The molecule has 3 nitrogen and oxygen atoms in total. The maximum Gasteiger partial charge on any atom is 0.253 e. The number of unbranched alkanes of at least 4 members (excludes halogenated alkanes) is 9. The maximum absolute atomic E-state index is 11.6. The van der Waals surface area contributed by atoms with E-state index in [-0.39, 0.29) is 18.1 Å². The highest BCUT2D eigenvalue weighted by Gasteiger charge is 2.44. The minimum Gasteiger partial charge on any atom is -0.359 e. The Hall–Kier alpha value is -0.570. The van der Waals surface area contributed by atoms with Crippen LogP contribution in [0.3, 0.4) is 0 Å². The zero-order valence-electron chi connectivity index (χ0n) is 13.7. The molecule has 1 heterocycles. The summed E-state index contributed by atoms with van der Waals surface area (Å²) in [7, 11) is 3.59. The third kappa shape index (κ3) is 7.28. The van der Waals surface area contributed by atoms with Gasteiger partial charge in [-0.15, -0.1) is 0 Å². The molecule has 0 spiro atoms. The van der Waals surface area contributed by atoms with Crippen LogP contribution in [0.2, 0.25) is 0 Å². The van der Waals surface area contributed by atoms with Gasteiger partial charge in [-0.3, -0.25) is 4.79 Å². The normalized spacial score (nSPS) is 20.9. The predicted octanol–water partition coefficient (Wildman–Crippen LogP) is 4.15. The molecule has 0 saturated carbocycles. The minimum atomic E-state index is -0.136. The van der Waals surface area contributed by atoms with Crippen molar-refractivity contribution in [2.75, 3.05) is 14.1 Å². The number of likely N-dealkylation sites (N-methyl/N-ethyl adjacent to an activating group) is 1. The van der Waals surface area contributed by atoms with Crippen molar-refractivity contribution < 1.29 is 9.53 Å². The van der Waals surface area contributed by atoms with Crippen LogP contribution in [0, 0.1) is 0 Å². The Kier molecular flexibility index (Phi) is 8.92. The first-order valence-electron chi connectivity index (χ1n) is 8.53. The molecule has 1 rings (SSSR count). The monoisotopic (exact) mass is 283 g/mol. The van der Waals surface area contributed by atoms with Crippen molar-refractivity contribution in [3.05, 3.63) is 0 Å². The molecule has 0 unspecified atom stereocenters.